The van der Waals surface area contributed by atoms with E-state index in [1.54, 1.807) is 7.11 Å². The summed E-state index contributed by atoms with van der Waals surface area (Å²) >= 11 is 0. The zero-order valence-corrected chi connectivity index (χ0v) is 12.7. The van der Waals surface area contributed by atoms with Crippen molar-refractivity contribution in [1.82, 2.24) is 4.90 Å². The zero-order valence-electron chi connectivity index (χ0n) is 12.7. The lowest BCUT2D eigenvalue weighted by molar-refractivity contribution is -0.144. The molecule has 0 amide bonds. The highest BCUT2D eigenvalue weighted by Gasteiger charge is 2.29. The number of likely N-dealkylation sites (tertiary alicyclic amines) is 1. The van der Waals surface area contributed by atoms with Gasteiger partial charge < -0.3 is 14.6 Å². The second kappa shape index (κ2) is 7.31. The maximum absolute atomic E-state index is 11.4. The number of carboxylic acids is 1. The van der Waals surface area contributed by atoms with E-state index in [1.807, 2.05) is 30.0 Å². The van der Waals surface area contributed by atoms with Crippen molar-refractivity contribution in [1.29, 1.82) is 0 Å². The molecule has 116 valence electrons. The smallest absolute Gasteiger partial charge is 0.320 e. The van der Waals surface area contributed by atoms with Crippen LogP contribution >= 0.6 is 0 Å². The average molecular weight is 293 g/mol. The first-order valence-electron chi connectivity index (χ1n) is 7.43. The number of piperidine rings is 1. The van der Waals surface area contributed by atoms with E-state index in [1.165, 1.54) is 0 Å². The van der Waals surface area contributed by atoms with Crippen LogP contribution in [0.15, 0.2) is 18.2 Å². The molecule has 0 radical (unpaired) electrons. The lowest BCUT2D eigenvalue weighted by Crippen LogP contribution is -2.44. The number of carboxylic acid groups (broad SMARTS) is 1. The first kappa shape index (κ1) is 15.6. The van der Waals surface area contributed by atoms with Gasteiger partial charge in [-0.1, -0.05) is 18.6 Å². The number of nitrogens with zero attached hydrogens (tertiary/aromatic N) is 1. The van der Waals surface area contributed by atoms with Crippen molar-refractivity contribution in [2.24, 2.45) is 0 Å². The highest BCUT2D eigenvalue weighted by Crippen LogP contribution is 2.33. The molecule has 0 saturated carbocycles. The summed E-state index contributed by atoms with van der Waals surface area (Å²) in [4.78, 5) is 13.4. The van der Waals surface area contributed by atoms with E-state index in [0.29, 0.717) is 25.3 Å². The van der Waals surface area contributed by atoms with Gasteiger partial charge in [0.15, 0.2) is 11.5 Å². The van der Waals surface area contributed by atoms with E-state index in [2.05, 4.69) is 0 Å². The Morgan fingerprint density at radius 1 is 1.43 bits per heavy atom. The fourth-order valence-corrected chi connectivity index (χ4v) is 2.83. The summed E-state index contributed by atoms with van der Waals surface area (Å²) in [6.07, 6.45) is 2.73. The monoisotopic (exact) mass is 293 g/mol. The summed E-state index contributed by atoms with van der Waals surface area (Å²) in [6.45, 7) is 3.86. The number of carbonyl (C=O) groups is 1. The minimum absolute atomic E-state index is 0.403. The van der Waals surface area contributed by atoms with Crippen LogP contribution in [0.1, 0.15) is 31.7 Å². The van der Waals surface area contributed by atoms with Crippen molar-refractivity contribution < 1.29 is 19.4 Å². The summed E-state index contributed by atoms with van der Waals surface area (Å²) in [5.41, 5.74) is 0.976. The maximum atomic E-state index is 11.4. The summed E-state index contributed by atoms with van der Waals surface area (Å²) in [7, 11) is 1.61. The largest absolute Gasteiger partial charge is 0.493 e. The van der Waals surface area contributed by atoms with Crippen molar-refractivity contribution in [3.05, 3.63) is 23.8 Å². The van der Waals surface area contributed by atoms with E-state index >= 15 is 0 Å². The Labute approximate surface area is 125 Å². The van der Waals surface area contributed by atoms with Crippen molar-refractivity contribution in [2.45, 2.75) is 38.8 Å². The van der Waals surface area contributed by atoms with Gasteiger partial charge in [-0.3, -0.25) is 9.69 Å². The van der Waals surface area contributed by atoms with Gasteiger partial charge >= 0.3 is 5.97 Å². The van der Waals surface area contributed by atoms with E-state index in [-0.39, 0.29) is 0 Å². The molecule has 1 saturated heterocycles. The SMILES string of the molecule is CCOc1c(CN2CCCCC2C(=O)O)cccc1OC. The van der Waals surface area contributed by atoms with Gasteiger partial charge in [0.2, 0.25) is 0 Å². The summed E-state index contributed by atoms with van der Waals surface area (Å²) in [5.74, 6) is 0.672. The normalized spacial score (nSPS) is 19.2. The van der Waals surface area contributed by atoms with E-state index in [4.69, 9.17) is 9.47 Å². The summed E-state index contributed by atoms with van der Waals surface area (Å²) < 4.78 is 11.0. The van der Waals surface area contributed by atoms with Crippen LogP contribution < -0.4 is 9.47 Å². The van der Waals surface area contributed by atoms with E-state index in [9.17, 15) is 9.90 Å². The Hall–Kier alpha value is -1.75. The molecular weight excluding hydrogens is 270 g/mol. The summed E-state index contributed by atoms with van der Waals surface area (Å²) in [6, 6.07) is 5.34. The molecule has 0 aliphatic carbocycles. The van der Waals surface area contributed by atoms with Crippen LogP contribution in [0.2, 0.25) is 0 Å². The lowest BCUT2D eigenvalue weighted by atomic mass is 10.0. The van der Waals surface area contributed by atoms with Crippen LogP contribution in [0.3, 0.4) is 0 Å². The Balaban J connectivity index is 2.23. The van der Waals surface area contributed by atoms with Gasteiger partial charge in [0, 0.05) is 12.1 Å². The van der Waals surface area contributed by atoms with Crippen LogP contribution in [-0.2, 0) is 11.3 Å². The molecule has 1 atom stereocenters. The first-order chi connectivity index (χ1) is 10.2. The van der Waals surface area contributed by atoms with Gasteiger partial charge in [-0.05, 0) is 32.4 Å². The van der Waals surface area contributed by atoms with Gasteiger partial charge in [-0.2, -0.15) is 0 Å². The molecule has 1 aliphatic heterocycles. The van der Waals surface area contributed by atoms with Gasteiger partial charge in [0.05, 0.1) is 13.7 Å². The molecular formula is C16H23NO4. The fraction of sp³-hybridized carbons (Fsp3) is 0.562. The molecule has 0 bridgehead atoms. The second-order valence-electron chi connectivity index (χ2n) is 5.20. The summed E-state index contributed by atoms with van der Waals surface area (Å²) in [5, 5.41) is 9.36. The Bertz CT molecular complexity index is 489. The third-order valence-electron chi connectivity index (χ3n) is 3.84. The Morgan fingerprint density at radius 2 is 2.24 bits per heavy atom. The van der Waals surface area contributed by atoms with Crippen molar-refractivity contribution >= 4 is 5.97 Å². The molecule has 5 nitrogen and oxygen atoms in total. The van der Waals surface area contributed by atoms with Crippen molar-refractivity contribution in [2.75, 3.05) is 20.3 Å². The van der Waals surface area contributed by atoms with Gasteiger partial charge in [0.25, 0.3) is 0 Å². The zero-order chi connectivity index (χ0) is 15.2. The number of aliphatic carboxylic acids is 1. The molecule has 0 spiro atoms. The Kier molecular flexibility index (Phi) is 5.44. The molecule has 1 N–H and O–H groups in total. The minimum atomic E-state index is -0.740. The molecule has 5 heteroatoms. The predicted octanol–water partition coefficient (Wildman–Crippen LogP) is 2.53. The van der Waals surface area contributed by atoms with Crippen molar-refractivity contribution in [3.63, 3.8) is 0 Å². The molecule has 1 fully saturated rings. The minimum Gasteiger partial charge on any atom is -0.493 e. The number of methoxy groups -OCH3 is 1. The van der Waals surface area contributed by atoms with Gasteiger partial charge in [-0.25, -0.2) is 0 Å². The van der Waals surface area contributed by atoms with Crippen molar-refractivity contribution in [3.8, 4) is 11.5 Å². The van der Waals surface area contributed by atoms with Crippen LogP contribution in [0.5, 0.6) is 11.5 Å². The number of benzene rings is 1. The fourth-order valence-electron chi connectivity index (χ4n) is 2.83. The van der Waals surface area contributed by atoms with Crippen LogP contribution in [-0.4, -0.2) is 42.3 Å². The molecule has 1 aromatic carbocycles. The maximum Gasteiger partial charge on any atom is 0.320 e. The van der Waals surface area contributed by atoms with Gasteiger partial charge in [-0.15, -0.1) is 0 Å². The van der Waals surface area contributed by atoms with E-state index in [0.717, 1.165) is 30.7 Å². The Morgan fingerprint density at radius 3 is 2.90 bits per heavy atom. The third kappa shape index (κ3) is 3.67. The number of para-hydroxylation sites is 1. The molecule has 0 aromatic heterocycles. The quantitative estimate of drug-likeness (QED) is 0.873. The third-order valence-corrected chi connectivity index (χ3v) is 3.84. The highest BCUT2D eigenvalue weighted by molar-refractivity contribution is 5.73. The molecule has 1 aromatic rings. The first-order valence-corrected chi connectivity index (χ1v) is 7.43. The van der Waals surface area contributed by atoms with Crippen LogP contribution in [0.4, 0.5) is 0 Å². The predicted molar refractivity (Wildman–Crippen MR) is 79.8 cm³/mol. The lowest BCUT2D eigenvalue weighted by Gasteiger charge is -2.33. The number of ether oxygens (including phenoxy) is 2. The van der Waals surface area contributed by atoms with Crippen LogP contribution in [0, 0.1) is 0 Å². The van der Waals surface area contributed by atoms with Crippen LogP contribution in [0.25, 0.3) is 0 Å². The molecule has 2 rings (SSSR count). The molecule has 1 aliphatic rings. The molecule has 21 heavy (non-hydrogen) atoms. The number of rotatable bonds is 6. The second-order valence-corrected chi connectivity index (χ2v) is 5.20. The molecule has 1 heterocycles. The average Bonchev–Trinajstić information content (AvgIpc) is 2.49. The van der Waals surface area contributed by atoms with E-state index < -0.39 is 12.0 Å². The number of hydrogen-bond donors (Lipinski definition) is 1. The highest BCUT2D eigenvalue weighted by atomic mass is 16.5. The number of hydrogen-bond acceptors (Lipinski definition) is 4. The van der Waals surface area contributed by atoms with Gasteiger partial charge in [0.1, 0.15) is 6.04 Å². The topological polar surface area (TPSA) is 59.0 Å². The molecule has 1 unspecified atom stereocenters. The standard InChI is InChI=1S/C16H23NO4/c1-3-21-15-12(7-6-9-14(15)20-2)11-17-10-5-4-8-13(17)16(18)19/h6-7,9,13H,3-5,8,10-11H2,1-2H3,(H,18,19).